The monoisotopic (exact) mass is 504 g/mol. The van der Waals surface area contributed by atoms with Gasteiger partial charge in [-0.25, -0.2) is 14.6 Å². The first kappa shape index (κ1) is 25.8. The molecule has 0 N–H and O–H groups in total. The van der Waals surface area contributed by atoms with Crippen LogP contribution in [0.1, 0.15) is 31.2 Å². The second kappa shape index (κ2) is 10.4. The number of methoxy groups -OCH3 is 1. The van der Waals surface area contributed by atoms with Gasteiger partial charge < -0.3 is 28.6 Å². The number of hydrogen-bond acceptors (Lipinski definition) is 6. The first-order valence-electron chi connectivity index (χ1n) is 12.0. The Bertz CT molecular complexity index is 1460. The molecule has 0 bridgehead atoms. The molecule has 3 aromatic carbocycles. The summed E-state index contributed by atoms with van der Waals surface area (Å²) in [5.74, 6) is 1.95. The molecule has 0 unspecified atom stereocenters. The van der Waals surface area contributed by atoms with Crippen LogP contribution in [0.5, 0.6) is 17.2 Å². The minimum Gasteiger partial charge on any atom is -0.497 e. The Balaban J connectivity index is 2.08. The molecule has 0 aliphatic carbocycles. The van der Waals surface area contributed by atoms with Crippen molar-refractivity contribution < 1.29 is 23.8 Å². The van der Waals surface area contributed by atoms with Crippen molar-refractivity contribution in [3.63, 3.8) is 0 Å². The lowest BCUT2D eigenvalue weighted by atomic mass is 10.1. The summed E-state index contributed by atoms with van der Waals surface area (Å²) in [6.07, 6.45) is -1.18. The lowest BCUT2D eigenvalue weighted by Gasteiger charge is -2.20. The van der Waals surface area contributed by atoms with Gasteiger partial charge in [-0.1, -0.05) is 50.2 Å². The fraction of sp³-hybridized carbons (Fsp3) is 0.321. The number of imidazole rings is 1. The van der Waals surface area contributed by atoms with Gasteiger partial charge in [0.2, 0.25) is 5.75 Å². The zero-order valence-electron chi connectivity index (χ0n) is 22.2. The molecule has 0 spiro atoms. The Morgan fingerprint density at radius 1 is 0.865 bits per heavy atom. The number of aromatic nitrogens is 2. The van der Waals surface area contributed by atoms with E-state index in [0.29, 0.717) is 23.0 Å². The van der Waals surface area contributed by atoms with E-state index in [1.54, 1.807) is 35.3 Å². The van der Waals surface area contributed by atoms with Crippen LogP contribution in [0.15, 0.2) is 48.5 Å². The Labute approximate surface area is 216 Å². The molecule has 4 aromatic rings. The number of benzene rings is 3. The number of rotatable bonds is 6. The van der Waals surface area contributed by atoms with Gasteiger partial charge in [0, 0.05) is 51.4 Å². The molecule has 37 heavy (non-hydrogen) atoms. The average Bonchev–Trinajstić information content (AvgIpc) is 3.25. The lowest BCUT2D eigenvalue weighted by molar-refractivity contribution is 0.162. The molecule has 0 fully saturated rings. The summed E-state index contributed by atoms with van der Waals surface area (Å²) in [4.78, 5) is 33.3. The van der Waals surface area contributed by atoms with Crippen LogP contribution >= 0.6 is 0 Å². The van der Waals surface area contributed by atoms with E-state index in [2.05, 4.69) is 13.8 Å². The molecule has 0 radical (unpaired) electrons. The first-order valence-corrected chi connectivity index (χ1v) is 12.0. The summed E-state index contributed by atoms with van der Waals surface area (Å²) in [6.45, 7) is 4.58. The number of carbonyl (C=O) groups is 2. The molecule has 0 atom stereocenters. The highest BCUT2D eigenvalue weighted by molar-refractivity contribution is 6.12. The maximum atomic E-state index is 12.9. The van der Waals surface area contributed by atoms with E-state index >= 15 is 0 Å². The van der Waals surface area contributed by atoms with E-state index in [1.165, 1.54) is 9.80 Å². The summed E-state index contributed by atoms with van der Waals surface area (Å²) in [5.41, 5.74) is 2.25. The average molecular weight is 505 g/mol. The van der Waals surface area contributed by atoms with Crippen LogP contribution in [0.3, 0.4) is 0 Å². The van der Waals surface area contributed by atoms with Crippen LogP contribution in [-0.2, 0) is 6.54 Å². The fourth-order valence-corrected chi connectivity index (χ4v) is 4.07. The van der Waals surface area contributed by atoms with Crippen LogP contribution in [-0.4, -0.2) is 66.8 Å². The van der Waals surface area contributed by atoms with E-state index in [4.69, 9.17) is 19.2 Å². The van der Waals surface area contributed by atoms with E-state index in [9.17, 15) is 9.59 Å². The number of amides is 2. The molecule has 1 aromatic heterocycles. The van der Waals surface area contributed by atoms with Crippen LogP contribution in [0.25, 0.3) is 21.8 Å². The predicted octanol–water partition coefficient (Wildman–Crippen LogP) is 5.49. The Hall–Kier alpha value is -4.27. The molecule has 4 rings (SSSR count). The highest BCUT2D eigenvalue weighted by atomic mass is 16.6. The Morgan fingerprint density at radius 3 is 1.97 bits per heavy atom. The maximum Gasteiger partial charge on any atom is 0.414 e. The molecule has 9 nitrogen and oxygen atoms in total. The topological polar surface area (TPSA) is 86.1 Å². The largest absolute Gasteiger partial charge is 0.497 e. The quantitative estimate of drug-likeness (QED) is 0.345. The van der Waals surface area contributed by atoms with Gasteiger partial charge in [0.1, 0.15) is 22.6 Å². The van der Waals surface area contributed by atoms with Gasteiger partial charge in [0.25, 0.3) is 0 Å². The van der Waals surface area contributed by atoms with Crippen molar-refractivity contribution >= 4 is 34.0 Å². The third-order valence-electron chi connectivity index (χ3n) is 5.97. The molecular weight excluding hydrogens is 472 g/mol. The predicted molar refractivity (Wildman–Crippen MR) is 143 cm³/mol. The molecule has 0 aliphatic rings. The van der Waals surface area contributed by atoms with E-state index in [1.807, 2.05) is 53.1 Å². The lowest BCUT2D eigenvalue weighted by Crippen LogP contribution is -2.28. The van der Waals surface area contributed by atoms with Crippen molar-refractivity contribution in [2.45, 2.75) is 26.3 Å². The van der Waals surface area contributed by atoms with Crippen molar-refractivity contribution in [1.29, 1.82) is 0 Å². The summed E-state index contributed by atoms with van der Waals surface area (Å²) in [7, 11) is 8.02. The number of fused-ring (bicyclic) bond motifs is 3. The standard InChI is InChI=1S/C28H32N4O5/c1-17(2)26-29-22-20-10-8-9-11-21(20)24(36-27(33)30(3)4)25(37-28(34)31(5)6)23(22)32(26)16-18-12-14-19(35-7)15-13-18/h8-15,17H,16H2,1-7H3. The van der Waals surface area contributed by atoms with E-state index < -0.39 is 12.2 Å². The highest BCUT2D eigenvalue weighted by Crippen LogP contribution is 2.45. The van der Waals surface area contributed by atoms with Crippen LogP contribution < -0.4 is 14.2 Å². The maximum absolute atomic E-state index is 12.9. The molecule has 9 heteroatoms. The molecule has 0 saturated heterocycles. The van der Waals surface area contributed by atoms with Gasteiger partial charge in [-0.2, -0.15) is 0 Å². The zero-order chi connectivity index (χ0) is 26.9. The zero-order valence-corrected chi connectivity index (χ0v) is 22.2. The SMILES string of the molecule is COc1ccc(Cn2c(C(C)C)nc3c4ccccc4c(OC(=O)N(C)C)c(OC(=O)N(C)C)c32)cc1. The molecular formula is C28H32N4O5. The van der Waals surface area contributed by atoms with Gasteiger partial charge in [-0.05, 0) is 17.7 Å². The Kier molecular flexibility index (Phi) is 7.24. The smallest absolute Gasteiger partial charge is 0.414 e. The van der Waals surface area contributed by atoms with Crippen molar-refractivity contribution in [3.8, 4) is 17.2 Å². The third-order valence-corrected chi connectivity index (χ3v) is 5.97. The molecule has 2 amide bonds. The van der Waals surface area contributed by atoms with Crippen molar-refractivity contribution in [2.75, 3.05) is 35.3 Å². The van der Waals surface area contributed by atoms with Crippen LogP contribution in [0.2, 0.25) is 0 Å². The van der Waals surface area contributed by atoms with Crippen molar-refractivity contribution in [2.24, 2.45) is 0 Å². The second-order valence-electron chi connectivity index (χ2n) is 9.48. The highest BCUT2D eigenvalue weighted by Gasteiger charge is 2.28. The van der Waals surface area contributed by atoms with Crippen molar-refractivity contribution in [3.05, 3.63) is 59.9 Å². The number of nitrogens with zero attached hydrogens (tertiary/aromatic N) is 4. The third kappa shape index (κ3) is 5.02. The molecule has 0 saturated carbocycles. The van der Waals surface area contributed by atoms with Gasteiger partial charge in [0.15, 0.2) is 5.75 Å². The van der Waals surface area contributed by atoms with Gasteiger partial charge in [-0.15, -0.1) is 0 Å². The van der Waals surface area contributed by atoms with Gasteiger partial charge in [-0.3, -0.25) is 0 Å². The minimum atomic E-state index is -0.595. The second-order valence-corrected chi connectivity index (χ2v) is 9.48. The van der Waals surface area contributed by atoms with Crippen molar-refractivity contribution in [1.82, 2.24) is 19.4 Å². The Morgan fingerprint density at radius 2 is 1.43 bits per heavy atom. The van der Waals surface area contributed by atoms with Gasteiger partial charge >= 0.3 is 12.2 Å². The summed E-state index contributed by atoms with van der Waals surface area (Å²) in [5, 5.41) is 1.41. The van der Waals surface area contributed by atoms with E-state index in [-0.39, 0.29) is 17.4 Å². The van der Waals surface area contributed by atoms with E-state index in [0.717, 1.165) is 22.5 Å². The van der Waals surface area contributed by atoms with Crippen LogP contribution in [0, 0.1) is 0 Å². The summed E-state index contributed by atoms with van der Waals surface area (Å²) < 4.78 is 19.1. The van der Waals surface area contributed by atoms with Gasteiger partial charge in [0.05, 0.1) is 7.11 Å². The molecule has 1 heterocycles. The number of ether oxygens (including phenoxy) is 3. The summed E-state index contributed by atoms with van der Waals surface area (Å²) >= 11 is 0. The number of carbonyl (C=O) groups excluding carboxylic acids is 2. The molecule has 194 valence electrons. The first-order chi connectivity index (χ1) is 17.6. The normalized spacial score (nSPS) is 11.1. The minimum absolute atomic E-state index is 0.0644. The summed E-state index contributed by atoms with van der Waals surface area (Å²) in [6, 6.07) is 15.3. The van der Waals surface area contributed by atoms with Crippen LogP contribution in [0.4, 0.5) is 9.59 Å². The fourth-order valence-electron chi connectivity index (χ4n) is 4.07. The number of hydrogen-bond donors (Lipinski definition) is 0. The molecule has 0 aliphatic heterocycles.